The van der Waals surface area contributed by atoms with Gasteiger partial charge in [-0.25, -0.2) is 0 Å². The largest absolute Gasteiger partial charge is 0.495 e. The van der Waals surface area contributed by atoms with Crippen molar-refractivity contribution in [1.82, 2.24) is 0 Å². The second-order valence-corrected chi connectivity index (χ2v) is 6.57. The van der Waals surface area contributed by atoms with Crippen LogP contribution in [0.3, 0.4) is 0 Å². The topological polar surface area (TPSA) is 56.8 Å². The molecule has 0 aliphatic heterocycles. The Balaban J connectivity index is 1.64. The lowest BCUT2D eigenvalue weighted by Crippen LogP contribution is -2.20. The van der Waals surface area contributed by atoms with Gasteiger partial charge in [-0.05, 0) is 48.9 Å². The summed E-state index contributed by atoms with van der Waals surface area (Å²) in [5.41, 5.74) is 3.18. The zero-order valence-corrected chi connectivity index (χ0v) is 15.7. The number of nitrogens with one attached hydrogen (secondary N) is 1. The average molecular weight is 376 g/mol. The first kappa shape index (κ1) is 18.4. The maximum absolute atomic E-state index is 12.3. The number of ether oxygens (including phenoxy) is 3. The molecule has 6 heteroatoms. The number of rotatable bonds is 6. The molecule has 138 valence electrons. The number of benzene rings is 2. The van der Waals surface area contributed by atoms with Crippen LogP contribution in [0.15, 0.2) is 30.3 Å². The molecule has 5 nitrogen and oxygen atoms in total. The van der Waals surface area contributed by atoms with Crippen molar-refractivity contribution < 1.29 is 19.0 Å². The first-order valence-electron chi connectivity index (χ1n) is 8.56. The van der Waals surface area contributed by atoms with E-state index in [2.05, 4.69) is 11.4 Å². The summed E-state index contributed by atoms with van der Waals surface area (Å²) in [6.07, 6.45) is 4.63. The molecule has 2 aromatic carbocycles. The molecule has 3 rings (SSSR count). The number of hydrogen-bond acceptors (Lipinski definition) is 4. The van der Waals surface area contributed by atoms with E-state index in [4.69, 9.17) is 25.8 Å². The Morgan fingerprint density at radius 3 is 2.50 bits per heavy atom. The number of aryl methyl sites for hydroxylation is 2. The van der Waals surface area contributed by atoms with E-state index in [1.807, 2.05) is 12.1 Å². The SMILES string of the molecule is COc1cc(NC(=O)COc2ccc3c(c2)CCCC3)c(OC)cc1Cl. The van der Waals surface area contributed by atoms with Gasteiger partial charge >= 0.3 is 0 Å². The van der Waals surface area contributed by atoms with Gasteiger partial charge < -0.3 is 19.5 Å². The van der Waals surface area contributed by atoms with Gasteiger partial charge in [0.05, 0.1) is 24.9 Å². The molecule has 1 aliphatic carbocycles. The zero-order chi connectivity index (χ0) is 18.5. The second kappa shape index (κ2) is 8.32. The summed E-state index contributed by atoms with van der Waals surface area (Å²) in [5, 5.41) is 3.18. The molecule has 0 atom stereocenters. The van der Waals surface area contributed by atoms with Crippen LogP contribution in [-0.4, -0.2) is 26.7 Å². The fraction of sp³-hybridized carbons (Fsp3) is 0.350. The minimum Gasteiger partial charge on any atom is -0.495 e. The van der Waals surface area contributed by atoms with Crippen LogP contribution >= 0.6 is 11.6 Å². The van der Waals surface area contributed by atoms with Crippen LogP contribution in [0.25, 0.3) is 0 Å². The number of amides is 1. The number of hydrogen-bond donors (Lipinski definition) is 1. The van der Waals surface area contributed by atoms with Crippen molar-refractivity contribution in [2.45, 2.75) is 25.7 Å². The Kier molecular flexibility index (Phi) is 5.89. The van der Waals surface area contributed by atoms with Crippen molar-refractivity contribution in [2.75, 3.05) is 26.1 Å². The fourth-order valence-electron chi connectivity index (χ4n) is 3.09. The third-order valence-corrected chi connectivity index (χ3v) is 4.73. The lowest BCUT2D eigenvalue weighted by molar-refractivity contribution is -0.118. The van der Waals surface area contributed by atoms with Gasteiger partial charge in [0.25, 0.3) is 5.91 Å². The fourth-order valence-corrected chi connectivity index (χ4v) is 3.32. The van der Waals surface area contributed by atoms with Gasteiger partial charge in [-0.3, -0.25) is 4.79 Å². The molecule has 0 spiro atoms. The van der Waals surface area contributed by atoms with E-state index < -0.39 is 0 Å². The first-order valence-corrected chi connectivity index (χ1v) is 8.94. The smallest absolute Gasteiger partial charge is 0.262 e. The highest BCUT2D eigenvalue weighted by atomic mass is 35.5. The van der Waals surface area contributed by atoms with Crippen LogP contribution in [0.4, 0.5) is 5.69 Å². The monoisotopic (exact) mass is 375 g/mol. The molecule has 0 radical (unpaired) electrons. The maximum atomic E-state index is 12.3. The third kappa shape index (κ3) is 4.22. The summed E-state index contributed by atoms with van der Waals surface area (Å²) in [4.78, 5) is 12.3. The molecule has 1 aliphatic rings. The number of fused-ring (bicyclic) bond motifs is 1. The molecule has 0 bridgehead atoms. The van der Waals surface area contributed by atoms with E-state index in [1.54, 1.807) is 12.1 Å². The van der Waals surface area contributed by atoms with E-state index >= 15 is 0 Å². The van der Waals surface area contributed by atoms with Crippen molar-refractivity contribution >= 4 is 23.2 Å². The lowest BCUT2D eigenvalue weighted by atomic mass is 9.92. The molecule has 0 saturated heterocycles. The molecule has 0 fully saturated rings. The van der Waals surface area contributed by atoms with Crippen LogP contribution in [0.2, 0.25) is 5.02 Å². The van der Waals surface area contributed by atoms with Gasteiger partial charge in [0.2, 0.25) is 0 Å². The van der Waals surface area contributed by atoms with Gasteiger partial charge in [0.15, 0.2) is 6.61 Å². The summed E-state index contributed by atoms with van der Waals surface area (Å²) < 4.78 is 16.1. The average Bonchev–Trinajstić information content (AvgIpc) is 2.67. The molecule has 1 amide bonds. The lowest BCUT2D eigenvalue weighted by Gasteiger charge is -2.17. The van der Waals surface area contributed by atoms with Crippen molar-refractivity contribution in [3.63, 3.8) is 0 Å². The number of methoxy groups -OCH3 is 2. The quantitative estimate of drug-likeness (QED) is 0.819. The van der Waals surface area contributed by atoms with Crippen LogP contribution in [0, 0.1) is 0 Å². The highest BCUT2D eigenvalue weighted by Crippen LogP contribution is 2.35. The molecule has 0 saturated carbocycles. The normalized spacial score (nSPS) is 12.9. The van der Waals surface area contributed by atoms with E-state index in [-0.39, 0.29) is 12.5 Å². The molecule has 0 heterocycles. The van der Waals surface area contributed by atoms with Crippen molar-refractivity contribution in [2.24, 2.45) is 0 Å². The standard InChI is InChI=1S/C20H22ClNO4/c1-24-18-11-17(19(25-2)10-16(18)21)22-20(23)12-26-15-8-7-13-5-3-4-6-14(13)9-15/h7-11H,3-6,12H2,1-2H3,(H,22,23). The van der Waals surface area contributed by atoms with E-state index in [1.165, 1.54) is 38.2 Å². The maximum Gasteiger partial charge on any atom is 0.262 e. The van der Waals surface area contributed by atoms with Gasteiger partial charge in [0.1, 0.15) is 17.2 Å². The molecule has 0 unspecified atom stereocenters. The summed E-state index contributed by atoms with van der Waals surface area (Å²) in [5.74, 6) is 1.34. The van der Waals surface area contributed by atoms with E-state index in [0.29, 0.717) is 28.0 Å². The number of halogens is 1. The Morgan fingerprint density at radius 2 is 1.77 bits per heavy atom. The highest BCUT2D eigenvalue weighted by molar-refractivity contribution is 6.32. The van der Waals surface area contributed by atoms with Crippen molar-refractivity contribution in [3.05, 3.63) is 46.5 Å². The van der Waals surface area contributed by atoms with Crippen molar-refractivity contribution in [3.8, 4) is 17.2 Å². The van der Waals surface area contributed by atoms with Gasteiger partial charge in [-0.1, -0.05) is 17.7 Å². The van der Waals surface area contributed by atoms with Crippen LogP contribution in [-0.2, 0) is 17.6 Å². The predicted molar refractivity (Wildman–Crippen MR) is 102 cm³/mol. The van der Waals surface area contributed by atoms with Crippen LogP contribution in [0.1, 0.15) is 24.0 Å². The Hall–Kier alpha value is -2.40. The summed E-state index contributed by atoms with van der Waals surface area (Å²) in [7, 11) is 3.02. The summed E-state index contributed by atoms with van der Waals surface area (Å²) >= 11 is 6.07. The highest BCUT2D eigenvalue weighted by Gasteiger charge is 2.14. The third-order valence-electron chi connectivity index (χ3n) is 4.44. The Labute approximate surface area is 158 Å². The molecule has 0 aromatic heterocycles. The van der Waals surface area contributed by atoms with Gasteiger partial charge in [-0.15, -0.1) is 0 Å². The minimum absolute atomic E-state index is 0.0904. The molecular formula is C20H22ClNO4. The van der Waals surface area contributed by atoms with E-state index in [0.717, 1.165) is 12.8 Å². The predicted octanol–water partition coefficient (Wildman–Crippen LogP) is 4.25. The van der Waals surface area contributed by atoms with E-state index in [9.17, 15) is 4.79 Å². The van der Waals surface area contributed by atoms with Crippen LogP contribution < -0.4 is 19.5 Å². The second-order valence-electron chi connectivity index (χ2n) is 6.16. The Morgan fingerprint density at radius 1 is 1.04 bits per heavy atom. The summed E-state index contributed by atoms with van der Waals surface area (Å²) in [6, 6.07) is 9.27. The molecule has 2 aromatic rings. The molecule has 26 heavy (non-hydrogen) atoms. The first-order chi connectivity index (χ1) is 12.6. The Bertz CT molecular complexity index is 807. The molecular weight excluding hydrogens is 354 g/mol. The minimum atomic E-state index is -0.287. The van der Waals surface area contributed by atoms with Gasteiger partial charge in [-0.2, -0.15) is 0 Å². The number of carbonyl (C=O) groups is 1. The zero-order valence-electron chi connectivity index (χ0n) is 14.9. The number of carbonyl (C=O) groups excluding carboxylic acids is 1. The van der Waals surface area contributed by atoms with Crippen LogP contribution in [0.5, 0.6) is 17.2 Å². The summed E-state index contributed by atoms with van der Waals surface area (Å²) in [6.45, 7) is -0.0904. The number of anilines is 1. The van der Waals surface area contributed by atoms with Gasteiger partial charge in [0, 0.05) is 12.1 Å². The van der Waals surface area contributed by atoms with Crippen molar-refractivity contribution in [1.29, 1.82) is 0 Å². The molecule has 1 N–H and O–H groups in total.